The summed E-state index contributed by atoms with van der Waals surface area (Å²) >= 11 is 0. The first kappa shape index (κ1) is 26.4. The summed E-state index contributed by atoms with van der Waals surface area (Å²) in [6.45, 7) is 8.26. The minimum atomic E-state index is -1.71. The zero-order valence-electron chi connectivity index (χ0n) is 22.1. The summed E-state index contributed by atoms with van der Waals surface area (Å²) in [7, 11) is 0. The van der Waals surface area contributed by atoms with Gasteiger partial charge in [-0.2, -0.15) is 0 Å². The second kappa shape index (κ2) is 10.5. The second-order valence-corrected chi connectivity index (χ2v) is 10.3. The largest absolute Gasteiger partial charge is 0.477 e. The Balaban J connectivity index is 0.000000190. The number of carbonyl (C=O) groups is 1. The van der Waals surface area contributed by atoms with E-state index in [9.17, 15) is 9.90 Å². The summed E-state index contributed by atoms with van der Waals surface area (Å²) in [6, 6.07) is 20.0. The molecule has 2 aliphatic heterocycles. The predicted molar refractivity (Wildman–Crippen MR) is 145 cm³/mol. The van der Waals surface area contributed by atoms with Crippen molar-refractivity contribution in [1.82, 2.24) is 0 Å². The minimum Gasteiger partial charge on any atom is -0.477 e. The van der Waals surface area contributed by atoms with Gasteiger partial charge in [-0.05, 0) is 53.3 Å². The molecule has 1 atom stereocenters. The van der Waals surface area contributed by atoms with Crippen LogP contribution in [0.15, 0.2) is 89.7 Å². The molecule has 2 aliphatic carbocycles. The number of allylic oxidation sites excluding steroid dienone is 1. The fourth-order valence-electron chi connectivity index (χ4n) is 5.99. The molecule has 38 heavy (non-hydrogen) atoms. The zero-order chi connectivity index (χ0) is 26.8. The van der Waals surface area contributed by atoms with Crippen molar-refractivity contribution in [3.63, 3.8) is 0 Å². The van der Waals surface area contributed by atoms with E-state index < -0.39 is 22.6 Å². The lowest BCUT2D eigenvalue weighted by Gasteiger charge is -2.43. The van der Waals surface area contributed by atoms with Crippen LogP contribution < -0.4 is 0 Å². The van der Waals surface area contributed by atoms with Gasteiger partial charge < -0.3 is 24.1 Å². The minimum absolute atomic E-state index is 0.153. The van der Waals surface area contributed by atoms with Crippen molar-refractivity contribution in [2.45, 2.75) is 39.3 Å². The Morgan fingerprint density at radius 3 is 2.16 bits per heavy atom. The molecular formula is C32H34O6. The van der Waals surface area contributed by atoms with Gasteiger partial charge in [0.15, 0.2) is 6.29 Å². The van der Waals surface area contributed by atoms with Crippen LogP contribution in [-0.2, 0) is 23.7 Å². The average Bonchev–Trinajstić information content (AvgIpc) is 3.24. The molecule has 2 aromatic carbocycles. The van der Waals surface area contributed by atoms with Crippen LogP contribution in [0.4, 0.5) is 0 Å². The van der Waals surface area contributed by atoms with E-state index in [1.54, 1.807) is 0 Å². The Labute approximate surface area is 223 Å². The van der Waals surface area contributed by atoms with Crippen molar-refractivity contribution in [1.29, 1.82) is 0 Å². The van der Waals surface area contributed by atoms with E-state index in [2.05, 4.69) is 19.6 Å². The highest BCUT2D eigenvalue weighted by Crippen LogP contribution is 2.80. The van der Waals surface area contributed by atoms with Gasteiger partial charge in [0.1, 0.15) is 5.41 Å². The Morgan fingerprint density at radius 1 is 0.947 bits per heavy atom. The van der Waals surface area contributed by atoms with E-state index in [0.29, 0.717) is 32.8 Å². The highest BCUT2D eigenvalue weighted by molar-refractivity contribution is 5.94. The van der Waals surface area contributed by atoms with Gasteiger partial charge in [-0.3, -0.25) is 0 Å². The monoisotopic (exact) mass is 514 g/mol. The molecular weight excluding hydrogens is 480 g/mol. The molecule has 2 heterocycles. The van der Waals surface area contributed by atoms with Crippen molar-refractivity contribution >= 4 is 17.6 Å². The lowest BCUT2D eigenvalue weighted by molar-refractivity contribution is -0.288. The molecule has 0 radical (unpaired) electrons. The van der Waals surface area contributed by atoms with Crippen molar-refractivity contribution in [2.24, 2.45) is 10.8 Å². The third-order valence-electron chi connectivity index (χ3n) is 7.71. The molecule has 1 N–H and O–H groups in total. The lowest BCUT2D eigenvalue weighted by atomic mass is 9.73. The molecule has 1 saturated carbocycles. The van der Waals surface area contributed by atoms with Crippen LogP contribution in [0.5, 0.6) is 0 Å². The van der Waals surface area contributed by atoms with E-state index in [1.807, 2.05) is 85.8 Å². The highest BCUT2D eigenvalue weighted by atomic mass is 16.7. The topological polar surface area (TPSA) is 74.2 Å². The van der Waals surface area contributed by atoms with E-state index in [4.69, 9.17) is 18.9 Å². The first-order chi connectivity index (χ1) is 18.3. The molecule has 0 amide bonds. The SMILES string of the molecule is C(=CC1OCCO1)c1ccccc1.CC1=C(c2ccccc2)C2(C3(C(=O)O)OCCCO3)C(=C=C1)C2(C)C. The Bertz CT molecular complexity index is 1290. The number of rotatable bonds is 5. The highest BCUT2D eigenvalue weighted by Gasteiger charge is 2.83. The van der Waals surface area contributed by atoms with Gasteiger partial charge in [-0.25, -0.2) is 4.79 Å². The van der Waals surface area contributed by atoms with Crippen LogP contribution in [0.2, 0.25) is 0 Å². The predicted octanol–water partition coefficient (Wildman–Crippen LogP) is 5.87. The number of carboxylic acids is 1. The summed E-state index contributed by atoms with van der Waals surface area (Å²) in [4.78, 5) is 12.5. The number of carboxylic acid groups (broad SMARTS) is 1. The van der Waals surface area contributed by atoms with Gasteiger partial charge in [0.25, 0.3) is 5.79 Å². The van der Waals surface area contributed by atoms with Gasteiger partial charge in [0.2, 0.25) is 0 Å². The van der Waals surface area contributed by atoms with Gasteiger partial charge >= 0.3 is 5.97 Å². The summed E-state index contributed by atoms with van der Waals surface area (Å²) in [5.74, 6) is -2.78. The Hall–Kier alpha value is -3.25. The quantitative estimate of drug-likeness (QED) is 0.503. The second-order valence-electron chi connectivity index (χ2n) is 10.3. The number of ether oxygens (including phenoxy) is 4. The molecule has 6 heteroatoms. The Kier molecular flexibility index (Phi) is 7.28. The molecule has 2 aromatic rings. The standard InChI is InChI=1S/C21H22O4.C11H12O2/c1-14-10-11-16-19(2,3)20(16,17(14)15-8-5-4-6-9-15)21(18(22)23)24-12-7-13-25-21;1-2-4-10(5-3-1)6-7-11-12-8-9-13-11/h4-6,8-10H,7,12-13H2,1-3H3,(H,22,23);1-7,11H,8-9H2. The van der Waals surface area contributed by atoms with Crippen molar-refractivity contribution < 1.29 is 28.8 Å². The first-order valence-electron chi connectivity index (χ1n) is 13.1. The Morgan fingerprint density at radius 2 is 1.55 bits per heavy atom. The van der Waals surface area contributed by atoms with Crippen LogP contribution in [0.25, 0.3) is 11.6 Å². The number of hydrogen-bond acceptors (Lipinski definition) is 5. The van der Waals surface area contributed by atoms with Gasteiger partial charge in [-0.15, -0.1) is 5.73 Å². The molecule has 3 fully saturated rings. The number of benzene rings is 2. The van der Waals surface area contributed by atoms with E-state index in [0.717, 1.165) is 22.3 Å². The average molecular weight is 515 g/mol. The summed E-state index contributed by atoms with van der Waals surface area (Å²) in [6.07, 6.45) is 6.44. The molecule has 1 unspecified atom stereocenters. The first-order valence-corrected chi connectivity index (χ1v) is 13.1. The molecule has 198 valence electrons. The summed E-state index contributed by atoms with van der Waals surface area (Å²) < 4.78 is 22.4. The summed E-state index contributed by atoms with van der Waals surface area (Å²) in [5.41, 5.74) is 7.11. The van der Waals surface area contributed by atoms with Gasteiger partial charge in [-0.1, -0.05) is 80.6 Å². The molecule has 0 bridgehead atoms. The zero-order valence-corrected chi connectivity index (χ0v) is 22.1. The van der Waals surface area contributed by atoms with E-state index in [1.165, 1.54) is 5.56 Å². The maximum Gasteiger partial charge on any atom is 0.365 e. The number of aliphatic carboxylic acids is 1. The molecule has 0 spiro atoms. The van der Waals surface area contributed by atoms with Gasteiger partial charge in [0.05, 0.1) is 26.4 Å². The normalized spacial score (nSPS) is 25.4. The molecule has 6 rings (SSSR count). The maximum absolute atomic E-state index is 12.5. The van der Waals surface area contributed by atoms with Crippen LogP contribution in [0.3, 0.4) is 0 Å². The van der Waals surface area contributed by atoms with Crippen LogP contribution in [0, 0.1) is 10.8 Å². The van der Waals surface area contributed by atoms with Crippen molar-refractivity contribution in [3.8, 4) is 0 Å². The molecule has 6 nitrogen and oxygen atoms in total. The fraction of sp³-hybridized carbons (Fsp3) is 0.375. The van der Waals surface area contributed by atoms with E-state index in [-0.39, 0.29) is 6.29 Å². The van der Waals surface area contributed by atoms with Gasteiger partial charge in [0, 0.05) is 5.41 Å². The molecule has 2 saturated heterocycles. The van der Waals surface area contributed by atoms with E-state index >= 15 is 0 Å². The molecule has 4 aliphatic rings. The number of hydrogen-bond donors (Lipinski definition) is 1. The maximum atomic E-state index is 12.5. The van der Waals surface area contributed by atoms with Crippen molar-refractivity contribution in [2.75, 3.05) is 26.4 Å². The third-order valence-corrected chi connectivity index (χ3v) is 7.71. The third kappa shape index (κ3) is 4.29. The lowest BCUT2D eigenvalue weighted by Crippen LogP contribution is -2.57. The summed E-state index contributed by atoms with van der Waals surface area (Å²) in [5, 5.41) is 10.2. The molecule has 0 aromatic heterocycles. The fourth-order valence-corrected chi connectivity index (χ4v) is 5.99. The van der Waals surface area contributed by atoms with Crippen LogP contribution >= 0.6 is 0 Å². The van der Waals surface area contributed by atoms with Crippen LogP contribution in [-0.4, -0.2) is 49.6 Å². The smallest absolute Gasteiger partial charge is 0.365 e. The number of fused-ring (bicyclic) bond motifs is 1. The van der Waals surface area contributed by atoms with Crippen LogP contribution in [0.1, 0.15) is 38.3 Å². The van der Waals surface area contributed by atoms with Crippen molar-refractivity contribution in [3.05, 3.63) is 101 Å².